The van der Waals surface area contributed by atoms with E-state index < -0.39 is 30.2 Å². The van der Waals surface area contributed by atoms with Crippen LogP contribution >= 0.6 is 0 Å². The molecule has 8 nitrogen and oxygen atoms in total. The van der Waals surface area contributed by atoms with Crippen molar-refractivity contribution >= 4 is 17.6 Å². The quantitative estimate of drug-likeness (QED) is 0.537. The third kappa shape index (κ3) is 6.20. The SMILES string of the molecule is COCCOc1ccc(C(F)(F)F)cc1NC(=O)COC(=O)c1cnccn1. The molecular formula is C17H16F3N3O5. The fraction of sp³-hybridized carbons (Fsp3) is 0.294. The van der Waals surface area contributed by atoms with Gasteiger partial charge in [-0.05, 0) is 18.2 Å². The zero-order valence-electron chi connectivity index (χ0n) is 14.7. The van der Waals surface area contributed by atoms with Gasteiger partial charge in [0.05, 0.1) is 24.1 Å². The van der Waals surface area contributed by atoms with Crippen molar-refractivity contribution in [2.45, 2.75) is 6.18 Å². The van der Waals surface area contributed by atoms with Crippen LogP contribution in [0.5, 0.6) is 5.75 Å². The van der Waals surface area contributed by atoms with E-state index in [2.05, 4.69) is 15.3 Å². The monoisotopic (exact) mass is 399 g/mol. The maximum absolute atomic E-state index is 12.9. The molecule has 1 aromatic heterocycles. The van der Waals surface area contributed by atoms with Gasteiger partial charge in [-0.1, -0.05) is 0 Å². The van der Waals surface area contributed by atoms with Crippen LogP contribution in [-0.4, -0.2) is 48.8 Å². The van der Waals surface area contributed by atoms with Gasteiger partial charge in [0.2, 0.25) is 0 Å². The number of amides is 1. The van der Waals surface area contributed by atoms with Gasteiger partial charge in [-0.15, -0.1) is 0 Å². The number of halogens is 3. The molecule has 0 saturated carbocycles. The lowest BCUT2D eigenvalue weighted by atomic mass is 10.1. The second kappa shape index (κ2) is 9.65. The number of ether oxygens (including phenoxy) is 3. The normalized spacial score (nSPS) is 11.0. The Morgan fingerprint density at radius 1 is 1.18 bits per heavy atom. The van der Waals surface area contributed by atoms with E-state index in [1.807, 2.05) is 0 Å². The molecule has 1 aromatic carbocycles. The summed E-state index contributed by atoms with van der Waals surface area (Å²) in [5.41, 5.74) is -1.30. The van der Waals surface area contributed by atoms with Crippen LogP contribution in [0.25, 0.3) is 0 Å². The van der Waals surface area contributed by atoms with Crippen LogP contribution in [0.3, 0.4) is 0 Å². The van der Waals surface area contributed by atoms with E-state index >= 15 is 0 Å². The third-order valence-corrected chi connectivity index (χ3v) is 3.23. The molecule has 0 atom stereocenters. The van der Waals surface area contributed by atoms with Gasteiger partial charge in [0, 0.05) is 19.5 Å². The van der Waals surface area contributed by atoms with Crippen molar-refractivity contribution in [2.24, 2.45) is 0 Å². The highest BCUT2D eigenvalue weighted by Gasteiger charge is 2.31. The molecule has 0 unspecified atom stereocenters. The number of esters is 1. The molecule has 0 spiro atoms. The first-order valence-corrected chi connectivity index (χ1v) is 7.87. The average molecular weight is 399 g/mol. The van der Waals surface area contributed by atoms with Gasteiger partial charge in [0.15, 0.2) is 12.3 Å². The van der Waals surface area contributed by atoms with Crippen LogP contribution in [-0.2, 0) is 20.4 Å². The third-order valence-electron chi connectivity index (χ3n) is 3.23. The van der Waals surface area contributed by atoms with Crippen LogP contribution in [0.15, 0.2) is 36.8 Å². The van der Waals surface area contributed by atoms with E-state index in [-0.39, 0.29) is 30.3 Å². The number of carbonyl (C=O) groups is 2. The van der Waals surface area contributed by atoms with Crippen molar-refractivity contribution < 1.29 is 37.0 Å². The lowest BCUT2D eigenvalue weighted by molar-refractivity contribution is -0.137. The van der Waals surface area contributed by atoms with E-state index in [1.165, 1.54) is 19.5 Å². The van der Waals surface area contributed by atoms with Gasteiger partial charge in [-0.25, -0.2) is 9.78 Å². The fourth-order valence-corrected chi connectivity index (χ4v) is 1.96. The molecule has 1 N–H and O–H groups in total. The summed E-state index contributed by atoms with van der Waals surface area (Å²) in [6.07, 6.45) is -0.844. The summed E-state index contributed by atoms with van der Waals surface area (Å²) in [6.45, 7) is -0.473. The Balaban J connectivity index is 2.06. The highest BCUT2D eigenvalue weighted by Crippen LogP contribution is 2.35. The number of hydrogen-bond acceptors (Lipinski definition) is 7. The molecule has 2 aromatic rings. The number of methoxy groups -OCH3 is 1. The summed E-state index contributed by atoms with van der Waals surface area (Å²) >= 11 is 0. The number of aromatic nitrogens is 2. The molecule has 0 aliphatic rings. The van der Waals surface area contributed by atoms with Crippen LogP contribution < -0.4 is 10.1 Å². The zero-order valence-corrected chi connectivity index (χ0v) is 14.7. The van der Waals surface area contributed by atoms with Crippen molar-refractivity contribution in [1.82, 2.24) is 9.97 Å². The lowest BCUT2D eigenvalue weighted by Gasteiger charge is -2.15. The second-order valence-corrected chi connectivity index (χ2v) is 5.26. The van der Waals surface area contributed by atoms with E-state index in [1.54, 1.807) is 0 Å². The van der Waals surface area contributed by atoms with Gasteiger partial charge < -0.3 is 19.5 Å². The van der Waals surface area contributed by atoms with Crippen LogP contribution in [0.4, 0.5) is 18.9 Å². The Bertz CT molecular complexity index is 815. The van der Waals surface area contributed by atoms with Crippen molar-refractivity contribution in [3.8, 4) is 5.75 Å². The predicted octanol–water partition coefficient (Wildman–Crippen LogP) is 2.32. The summed E-state index contributed by atoms with van der Waals surface area (Å²) < 4.78 is 53.7. The van der Waals surface area contributed by atoms with Gasteiger partial charge >= 0.3 is 12.1 Å². The van der Waals surface area contributed by atoms with Crippen molar-refractivity contribution in [3.63, 3.8) is 0 Å². The standard InChI is InChI=1S/C17H16F3N3O5/c1-26-6-7-27-14-3-2-11(17(18,19)20)8-12(14)23-15(24)10-28-16(25)13-9-21-4-5-22-13/h2-5,8-9H,6-7,10H2,1H3,(H,23,24). The Morgan fingerprint density at radius 3 is 2.61 bits per heavy atom. The van der Waals surface area contributed by atoms with E-state index in [0.29, 0.717) is 0 Å². The number of nitrogens with zero attached hydrogens (tertiary/aromatic N) is 2. The van der Waals surface area contributed by atoms with Crippen molar-refractivity contribution in [3.05, 3.63) is 48.0 Å². The van der Waals surface area contributed by atoms with Crippen LogP contribution in [0.2, 0.25) is 0 Å². The Kier molecular flexibility index (Phi) is 7.27. The number of rotatable bonds is 8. The van der Waals surface area contributed by atoms with E-state index in [9.17, 15) is 22.8 Å². The average Bonchev–Trinajstić information content (AvgIpc) is 2.67. The zero-order chi connectivity index (χ0) is 20.6. The Hall–Kier alpha value is -3.21. The molecule has 0 radical (unpaired) electrons. The molecular weight excluding hydrogens is 383 g/mol. The van der Waals surface area contributed by atoms with Gasteiger partial charge in [0.25, 0.3) is 5.91 Å². The molecule has 1 heterocycles. The Labute approximate surface area is 157 Å². The molecule has 150 valence electrons. The molecule has 11 heteroatoms. The maximum Gasteiger partial charge on any atom is 0.416 e. The highest BCUT2D eigenvalue weighted by molar-refractivity contribution is 5.95. The van der Waals surface area contributed by atoms with Crippen molar-refractivity contribution in [2.75, 3.05) is 32.2 Å². The summed E-state index contributed by atoms with van der Waals surface area (Å²) in [5, 5.41) is 2.24. The molecule has 0 aliphatic carbocycles. The van der Waals surface area contributed by atoms with Gasteiger partial charge in [-0.3, -0.25) is 9.78 Å². The molecule has 0 saturated heterocycles. The number of anilines is 1. The maximum atomic E-state index is 12.9. The first-order valence-electron chi connectivity index (χ1n) is 7.87. The summed E-state index contributed by atoms with van der Waals surface area (Å²) in [5.74, 6) is -1.74. The largest absolute Gasteiger partial charge is 0.489 e. The molecule has 0 fully saturated rings. The van der Waals surface area contributed by atoms with E-state index in [0.717, 1.165) is 24.4 Å². The fourth-order valence-electron chi connectivity index (χ4n) is 1.96. The van der Waals surface area contributed by atoms with E-state index in [4.69, 9.17) is 14.2 Å². The minimum absolute atomic E-state index is 0.0126. The summed E-state index contributed by atoms with van der Waals surface area (Å²) in [4.78, 5) is 31.1. The summed E-state index contributed by atoms with van der Waals surface area (Å²) in [7, 11) is 1.43. The minimum Gasteiger partial charge on any atom is -0.489 e. The number of benzene rings is 1. The van der Waals surface area contributed by atoms with Gasteiger partial charge in [0.1, 0.15) is 12.4 Å². The minimum atomic E-state index is -4.61. The highest BCUT2D eigenvalue weighted by atomic mass is 19.4. The number of alkyl halides is 3. The molecule has 1 amide bonds. The first-order chi connectivity index (χ1) is 13.3. The lowest BCUT2D eigenvalue weighted by Crippen LogP contribution is -2.22. The van der Waals surface area contributed by atoms with Crippen LogP contribution in [0.1, 0.15) is 16.1 Å². The smallest absolute Gasteiger partial charge is 0.416 e. The summed E-state index contributed by atoms with van der Waals surface area (Å²) in [6, 6.07) is 2.64. The van der Waals surface area contributed by atoms with Gasteiger partial charge in [-0.2, -0.15) is 13.2 Å². The van der Waals surface area contributed by atoms with Crippen LogP contribution in [0, 0.1) is 0 Å². The topological polar surface area (TPSA) is 99.6 Å². The first kappa shape index (κ1) is 21.1. The Morgan fingerprint density at radius 2 is 1.96 bits per heavy atom. The number of carbonyl (C=O) groups excluding carboxylic acids is 2. The predicted molar refractivity (Wildman–Crippen MR) is 89.8 cm³/mol. The molecule has 0 bridgehead atoms. The molecule has 28 heavy (non-hydrogen) atoms. The molecule has 2 rings (SSSR count). The second-order valence-electron chi connectivity index (χ2n) is 5.26. The number of hydrogen-bond donors (Lipinski definition) is 1. The van der Waals surface area contributed by atoms with Crippen molar-refractivity contribution in [1.29, 1.82) is 0 Å². The number of nitrogens with one attached hydrogen (secondary N) is 1. The molecule has 0 aliphatic heterocycles.